The molecule has 1 heterocycles. The molecule has 0 unspecified atom stereocenters. The van der Waals surface area contributed by atoms with Crippen molar-refractivity contribution in [3.63, 3.8) is 0 Å². The molecule has 0 aromatic heterocycles. The molecule has 2 aliphatic rings. The zero-order chi connectivity index (χ0) is 23.5. The van der Waals surface area contributed by atoms with Gasteiger partial charge in [0.1, 0.15) is 5.60 Å². The van der Waals surface area contributed by atoms with Gasteiger partial charge in [0.15, 0.2) is 0 Å². The number of para-hydroxylation sites is 1. The molecule has 0 radical (unpaired) electrons. The number of piperidine rings is 1. The van der Waals surface area contributed by atoms with Crippen molar-refractivity contribution in [3.05, 3.63) is 71.3 Å². The highest BCUT2D eigenvalue weighted by molar-refractivity contribution is 5.86. The molecule has 1 saturated heterocycles. The highest BCUT2D eigenvalue weighted by Gasteiger charge is 2.38. The minimum Gasteiger partial charge on any atom is -0.444 e. The number of anilines is 1. The Labute approximate surface area is 196 Å². The van der Waals surface area contributed by atoms with Gasteiger partial charge < -0.3 is 9.64 Å². The number of hydrogen-bond acceptors (Lipinski definition) is 3. The van der Waals surface area contributed by atoms with Gasteiger partial charge in [-0.1, -0.05) is 54.6 Å². The average molecular weight is 447 g/mol. The van der Waals surface area contributed by atoms with Crippen molar-refractivity contribution in [1.82, 2.24) is 4.90 Å². The lowest BCUT2D eigenvalue weighted by Crippen LogP contribution is -2.43. The number of hydrogen-bond donors (Lipinski definition) is 1. The summed E-state index contributed by atoms with van der Waals surface area (Å²) in [5, 5.41) is 2.84. The Kier molecular flexibility index (Phi) is 6.59. The third-order valence-electron chi connectivity index (χ3n) is 6.58. The first kappa shape index (κ1) is 23.1. The molecule has 1 N–H and O–H groups in total. The number of nitrogens with one attached hydrogen (secondary N) is 1. The van der Waals surface area contributed by atoms with Crippen molar-refractivity contribution < 1.29 is 14.3 Å². The van der Waals surface area contributed by atoms with Crippen LogP contribution in [-0.4, -0.2) is 35.6 Å². The first-order valence-corrected chi connectivity index (χ1v) is 11.9. The Morgan fingerprint density at radius 1 is 1.03 bits per heavy atom. The predicted molar refractivity (Wildman–Crippen MR) is 132 cm³/mol. The second-order valence-electron chi connectivity index (χ2n) is 10.1. The summed E-state index contributed by atoms with van der Waals surface area (Å²) in [6.07, 6.45) is 8.06. The van der Waals surface area contributed by atoms with Crippen molar-refractivity contribution in [2.24, 2.45) is 0 Å². The smallest absolute Gasteiger partial charge is 0.412 e. The normalized spacial score (nSPS) is 16.5. The summed E-state index contributed by atoms with van der Waals surface area (Å²) in [5.74, 6) is 0.220. The van der Waals surface area contributed by atoms with Gasteiger partial charge in [-0.3, -0.25) is 10.1 Å². The Morgan fingerprint density at radius 2 is 1.73 bits per heavy atom. The van der Waals surface area contributed by atoms with E-state index in [1.54, 1.807) is 0 Å². The van der Waals surface area contributed by atoms with Crippen molar-refractivity contribution in [2.45, 2.75) is 63.9 Å². The van der Waals surface area contributed by atoms with Crippen LogP contribution in [0.2, 0.25) is 0 Å². The fourth-order valence-corrected chi connectivity index (χ4v) is 4.89. The lowest BCUT2D eigenvalue weighted by Gasteiger charge is -2.39. The minimum absolute atomic E-state index is 0.0969. The fraction of sp³-hybridized carbons (Fsp3) is 0.429. The highest BCUT2D eigenvalue weighted by atomic mass is 16.6. The molecule has 33 heavy (non-hydrogen) atoms. The summed E-state index contributed by atoms with van der Waals surface area (Å²) in [5.41, 5.74) is 4.03. The van der Waals surface area contributed by atoms with Gasteiger partial charge in [0.2, 0.25) is 5.91 Å². The van der Waals surface area contributed by atoms with Crippen LogP contribution in [0.15, 0.2) is 54.6 Å². The topological polar surface area (TPSA) is 58.6 Å². The van der Waals surface area contributed by atoms with E-state index >= 15 is 0 Å². The second-order valence-corrected chi connectivity index (χ2v) is 10.1. The first-order chi connectivity index (χ1) is 15.8. The van der Waals surface area contributed by atoms with E-state index in [0.717, 1.165) is 50.0 Å². The lowest BCUT2D eigenvalue weighted by atomic mass is 9.74. The van der Waals surface area contributed by atoms with Gasteiger partial charge in [-0.2, -0.15) is 0 Å². The quantitative estimate of drug-likeness (QED) is 0.618. The molecule has 1 spiro atoms. The molecule has 0 saturated carbocycles. The third-order valence-corrected chi connectivity index (χ3v) is 6.58. The summed E-state index contributed by atoms with van der Waals surface area (Å²) in [7, 11) is 0. The molecule has 1 aliphatic carbocycles. The Hall–Kier alpha value is -3.08. The molecule has 174 valence electrons. The summed E-state index contributed by atoms with van der Waals surface area (Å²) >= 11 is 0. The van der Waals surface area contributed by atoms with Crippen LogP contribution in [-0.2, 0) is 21.4 Å². The van der Waals surface area contributed by atoms with Gasteiger partial charge in [-0.25, -0.2) is 4.79 Å². The Morgan fingerprint density at radius 3 is 2.48 bits per heavy atom. The zero-order valence-electron chi connectivity index (χ0n) is 19.9. The zero-order valence-corrected chi connectivity index (χ0v) is 19.9. The summed E-state index contributed by atoms with van der Waals surface area (Å²) < 4.78 is 5.36. The molecule has 0 bridgehead atoms. The number of fused-ring (bicyclic) bond motifs is 2. The maximum Gasteiger partial charge on any atom is 0.412 e. The van der Waals surface area contributed by atoms with E-state index in [2.05, 4.69) is 41.7 Å². The molecule has 2 aromatic rings. The van der Waals surface area contributed by atoms with E-state index in [-0.39, 0.29) is 11.3 Å². The Balaban J connectivity index is 1.27. The van der Waals surface area contributed by atoms with Crippen molar-refractivity contribution in [1.29, 1.82) is 0 Å². The summed E-state index contributed by atoms with van der Waals surface area (Å²) in [4.78, 5) is 27.0. The van der Waals surface area contributed by atoms with Gasteiger partial charge in [-0.15, -0.1) is 0 Å². The first-order valence-electron chi connectivity index (χ1n) is 11.9. The summed E-state index contributed by atoms with van der Waals surface area (Å²) in [6.45, 7) is 7.12. The number of rotatable bonds is 5. The molecule has 5 heteroatoms. The molecule has 2 amide bonds. The van der Waals surface area contributed by atoms with Crippen LogP contribution in [0, 0.1) is 0 Å². The largest absolute Gasteiger partial charge is 0.444 e. The summed E-state index contributed by atoms with van der Waals surface area (Å²) in [6, 6.07) is 16.3. The van der Waals surface area contributed by atoms with Crippen molar-refractivity contribution in [2.75, 3.05) is 18.4 Å². The average Bonchev–Trinajstić information content (AvgIpc) is 3.12. The van der Waals surface area contributed by atoms with Crippen molar-refractivity contribution in [3.8, 4) is 0 Å². The standard InChI is InChI=1S/C28H34N2O3/c1-27(2,3)33-26(32)29-24-13-7-5-10-22(24)11-8-14-25(31)30-19-17-28(18-20-30)16-15-21-9-4-6-12-23(21)28/h4-7,9-10,12-13,15-16H,8,11,14,17-20H2,1-3H3,(H,29,32). The van der Waals surface area contributed by atoms with E-state index in [9.17, 15) is 9.59 Å². The van der Waals surface area contributed by atoms with Gasteiger partial charge in [0.05, 0.1) is 0 Å². The van der Waals surface area contributed by atoms with Crippen LogP contribution in [0.1, 0.15) is 63.1 Å². The number of aryl methyl sites for hydroxylation is 1. The van der Waals surface area contributed by atoms with Crippen LogP contribution < -0.4 is 5.32 Å². The maximum absolute atomic E-state index is 12.9. The number of benzene rings is 2. The van der Waals surface area contributed by atoms with Gasteiger partial charge in [0, 0.05) is 30.6 Å². The number of allylic oxidation sites excluding steroid dienone is 1. The van der Waals surface area contributed by atoms with Gasteiger partial charge in [-0.05, 0) is 69.2 Å². The third kappa shape index (κ3) is 5.47. The van der Waals surface area contributed by atoms with E-state index in [1.165, 1.54) is 11.1 Å². The molecule has 2 aromatic carbocycles. The molecule has 0 atom stereocenters. The van der Waals surface area contributed by atoms with E-state index in [0.29, 0.717) is 6.42 Å². The molecule has 1 fully saturated rings. The number of ether oxygens (including phenoxy) is 1. The molecular formula is C28H34N2O3. The van der Waals surface area contributed by atoms with Crippen LogP contribution in [0.3, 0.4) is 0 Å². The minimum atomic E-state index is -0.547. The van der Waals surface area contributed by atoms with Crippen LogP contribution in [0.25, 0.3) is 6.08 Å². The van der Waals surface area contributed by atoms with E-state index < -0.39 is 11.7 Å². The van der Waals surface area contributed by atoms with E-state index in [4.69, 9.17) is 4.74 Å². The number of nitrogens with zero attached hydrogens (tertiary/aromatic N) is 1. The van der Waals surface area contributed by atoms with Crippen molar-refractivity contribution >= 4 is 23.8 Å². The molecule has 4 rings (SSSR count). The van der Waals surface area contributed by atoms with E-state index in [1.807, 2.05) is 49.9 Å². The number of carbonyl (C=O) groups is 2. The predicted octanol–water partition coefficient (Wildman–Crippen LogP) is 5.94. The number of likely N-dealkylation sites (tertiary alicyclic amines) is 1. The maximum atomic E-state index is 12.9. The number of carbonyl (C=O) groups excluding carboxylic acids is 2. The van der Waals surface area contributed by atoms with Crippen LogP contribution in [0.5, 0.6) is 0 Å². The lowest BCUT2D eigenvalue weighted by molar-refractivity contribution is -0.132. The fourth-order valence-electron chi connectivity index (χ4n) is 4.89. The highest BCUT2D eigenvalue weighted by Crippen LogP contribution is 2.43. The monoisotopic (exact) mass is 446 g/mol. The van der Waals surface area contributed by atoms with Gasteiger partial charge in [0.25, 0.3) is 0 Å². The van der Waals surface area contributed by atoms with Crippen LogP contribution >= 0.6 is 0 Å². The molecule has 5 nitrogen and oxygen atoms in total. The second kappa shape index (κ2) is 9.42. The molecular weight excluding hydrogens is 412 g/mol. The van der Waals surface area contributed by atoms with Crippen LogP contribution in [0.4, 0.5) is 10.5 Å². The SMILES string of the molecule is CC(C)(C)OC(=O)Nc1ccccc1CCCC(=O)N1CCC2(C=Cc3ccccc32)CC1. The number of amides is 2. The Bertz CT molecular complexity index is 1040. The van der Waals surface area contributed by atoms with Gasteiger partial charge >= 0.3 is 6.09 Å². The molecule has 1 aliphatic heterocycles.